The quantitative estimate of drug-likeness (QED) is 0.831. The van der Waals surface area contributed by atoms with Crippen molar-refractivity contribution in [3.05, 3.63) is 59.1 Å². The van der Waals surface area contributed by atoms with Crippen LogP contribution in [-0.4, -0.2) is 31.4 Å². The summed E-state index contributed by atoms with van der Waals surface area (Å²) < 4.78 is 4.69. The molecule has 0 heterocycles. The molecule has 0 aliphatic carbocycles. The average Bonchev–Trinajstić information content (AvgIpc) is 2.60. The van der Waals surface area contributed by atoms with E-state index in [0.29, 0.717) is 16.4 Å². The van der Waals surface area contributed by atoms with Gasteiger partial charge in [-0.25, -0.2) is 4.79 Å². The summed E-state index contributed by atoms with van der Waals surface area (Å²) in [7, 11) is 1.26. The number of amides is 2. The minimum Gasteiger partial charge on any atom is -0.465 e. The SMILES string of the molecule is COC(=O)c1ccccc1NC(=O)CN(C(C)=O)c1ccc(Cl)cc1. The van der Waals surface area contributed by atoms with E-state index in [4.69, 9.17) is 16.3 Å². The van der Waals surface area contributed by atoms with Crippen molar-refractivity contribution in [2.75, 3.05) is 23.9 Å². The minimum absolute atomic E-state index is 0.202. The number of hydrogen-bond donors (Lipinski definition) is 1. The Hall–Kier alpha value is -2.86. The molecular formula is C18H17ClN2O4. The molecule has 2 amide bonds. The number of ether oxygens (including phenoxy) is 1. The summed E-state index contributed by atoms with van der Waals surface area (Å²) in [6.07, 6.45) is 0. The molecule has 0 aromatic heterocycles. The monoisotopic (exact) mass is 360 g/mol. The van der Waals surface area contributed by atoms with Gasteiger partial charge in [0, 0.05) is 17.6 Å². The largest absolute Gasteiger partial charge is 0.465 e. The van der Waals surface area contributed by atoms with Crippen LogP contribution in [-0.2, 0) is 14.3 Å². The summed E-state index contributed by atoms with van der Waals surface area (Å²) in [6.45, 7) is 1.16. The number of halogens is 1. The zero-order chi connectivity index (χ0) is 18.4. The van der Waals surface area contributed by atoms with Gasteiger partial charge < -0.3 is 15.0 Å². The number of hydrogen-bond acceptors (Lipinski definition) is 4. The maximum Gasteiger partial charge on any atom is 0.339 e. The highest BCUT2D eigenvalue weighted by atomic mass is 35.5. The van der Waals surface area contributed by atoms with E-state index in [1.54, 1.807) is 48.5 Å². The zero-order valence-corrected chi connectivity index (χ0v) is 14.5. The maximum absolute atomic E-state index is 12.3. The molecular weight excluding hydrogens is 344 g/mol. The molecule has 0 fully saturated rings. The van der Waals surface area contributed by atoms with Crippen LogP contribution in [0.2, 0.25) is 5.02 Å². The number of carbonyl (C=O) groups is 3. The van der Waals surface area contributed by atoms with Gasteiger partial charge in [0.05, 0.1) is 18.4 Å². The fraction of sp³-hybridized carbons (Fsp3) is 0.167. The van der Waals surface area contributed by atoms with Gasteiger partial charge in [0.2, 0.25) is 11.8 Å². The lowest BCUT2D eigenvalue weighted by atomic mass is 10.2. The van der Waals surface area contributed by atoms with Crippen LogP contribution in [0.15, 0.2) is 48.5 Å². The molecule has 0 radical (unpaired) electrons. The van der Waals surface area contributed by atoms with Crippen LogP contribution < -0.4 is 10.2 Å². The topological polar surface area (TPSA) is 75.7 Å². The third kappa shape index (κ3) is 4.81. The normalized spacial score (nSPS) is 10.0. The van der Waals surface area contributed by atoms with Crippen molar-refractivity contribution >= 4 is 40.8 Å². The summed E-state index contributed by atoms with van der Waals surface area (Å²) in [5, 5.41) is 3.16. The lowest BCUT2D eigenvalue weighted by Crippen LogP contribution is -2.36. The fourth-order valence-corrected chi connectivity index (χ4v) is 2.34. The summed E-state index contributed by atoms with van der Waals surface area (Å²) in [4.78, 5) is 37.3. The van der Waals surface area contributed by atoms with Crippen molar-refractivity contribution < 1.29 is 19.1 Å². The van der Waals surface area contributed by atoms with Gasteiger partial charge in [-0.15, -0.1) is 0 Å². The Balaban J connectivity index is 2.16. The number of anilines is 2. The van der Waals surface area contributed by atoms with Crippen LogP contribution >= 0.6 is 11.6 Å². The molecule has 0 atom stereocenters. The second-order valence-corrected chi connectivity index (χ2v) is 5.60. The van der Waals surface area contributed by atoms with E-state index < -0.39 is 11.9 Å². The highest BCUT2D eigenvalue weighted by Gasteiger charge is 2.18. The Morgan fingerprint density at radius 3 is 2.32 bits per heavy atom. The minimum atomic E-state index is -0.558. The van der Waals surface area contributed by atoms with E-state index in [1.807, 2.05) is 0 Å². The van der Waals surface area contributed by atoms with Crippen molar-refractivity contribution in [2.24, 2.45) is 0 Å². The molecule has 2 rings (SSSR count). The number of para-hydroxylation sites is 1. The first-order chi connectivity index (χ1) is 11.9. The molecule has 0 saturated heterocycles. The number of nitrogens with zero attached hydrogens (tertiary/aromatic N) is 1. The molecule has 0 aliphatic rings. The number of carbonyl (C=O) groups excluding carboxylic acids is 3. The number of esters is 1. The van der Waals surface area contributed by atoms with E-state index >= 15 is 0 Å². The molecule has 25 heavy (non-hydrogen) atoms. The predicted molar refractivity (Wildman–Crippen MR) is 95.9 cm³/mol. The predicted octanol–water partition coefficient (Wildman–Crippen LogP) is 3.12. The first kappa shape index (κ1) is 18.5. The van der Waals surface area contributed by atoms with E-state index in [1.165, 1.54) is 18.9 Å². The highest BCUT2D eigenvalue weighted by molar-refractivity contribution is 6.30. The third-order valence-corrected chi connectivity index (χ3v) is 3.68. The first-order valence-corrected chi connectivity index (χ1v) is 7.81. The molecule has 6 nitrogen and oxygen atoms in total. The number of nitrogens with one attached hydrogen (secondary N) is 1. The number of methoxy groups -OCH3 is 1. The van der Waals surface area contributed by atoms with Gasteiger partial charge in [0.1, 0.15) is 6.54 Å². The molecule has 7 heteroatoms. The molecule has 2 aromatic carbocycles. The second kappa shape index (κ2) is 8.30. The van der Waals surface area contributed by atoms with E-state index in [9.17, 15) is 14.4 Å². The molecule has 2 aromatic rings. The molecule has 1 N–H and O–H groups in total. The smallest absolute Gasteiger partial charge is 0.339 e. The molecule has 0 saturated carbocycles. The van der Waals surface area contributed by atoms with Crippen LogP contribution in [0.1, 0.15) is 17.3 Å². The van der Waals surface area contributed by atoms with Crippen molar-refractivity contribution in [3.8, 4) is 0 Å². The van der Waals surface area contributed by atoms with Gasteiger partial charge in [-0.3, -0.25) is 9.59 Å². The van der Waals surface area contributed by atoms with Crippen LogP contribution in [0.3, 0.4) is 0 Å². The summed E-state index contributed by atoms with van der Waals surface area (Å²) >= 11 is 5.84. The van der Waals surface area contributed by atoms with Crippen molar-refractivity contribution in [2.45, 2.75) is 6.92 Å². The zero-order valence-electron chi connectivity index (χ0n) is 13.8. The molecule has 0 bridgehead atoms. The van der Waals surface area contributed by atoms with Gasteiger partial charge in [-0.1, -0.05) is 23.7 Å². The van der Waals surface area contributed by atoms with Crippen molar-refractivity contribution in [1.82, 2.24) is 0 Å². The van der Waals surface area contributed by atoms with Crippen molar-refractivity contribution in [3.63, 3.8) is 0 Å². The van der Waals surface area contributed by atoms with Crippen molar-refractivity contribution in [1.29, 1.82) is 0 Å². The van der Waals surface area contributed by atoms with E-state index in [0.717, 1.165) is 0 Å². The summed E-state index contributed by atoms with van der Waals surface area (Å²) in [5.74, 6) is -1.29. The van der Waals surface area contributed by atoms with Crippen LogP contribution in [0, 0.1) is 0 Å². The van der Waals surface area contributed by atoms with Gasteiger partial charge >= 0.3 is 5.97 Å². The Morgan fingerprint density at radius 2 is 1.72 bits per heavy atom. The standard InChI is InChI=1S/C18H17ClN2O4/c1-12(22)21(14-9-7-13(19)8-10-14)11-17(23)20-16-6-4-3-5-15(16)18(24)25-2/h3-10H,11H2,1-2H3,(H,20,23). The van der Waals surface area contributed by atoms with Gasteiger partial charge in [-0.05, 0) is 36.4 Å². The average molecular weight is 361 g/mol. The Morgan fingerprint density at radius 1 is 1.08 bits per heavy atom. The number of benzene rings is 2. The Kier molecular flexibility index (Phi) is 6.14. The second-order valence-electron chi connectivity index (χ2n) is 5.17. The van der Waals surface area contributed by atoms with Gasteiger partial charge in [0.15, 0.2) is 0 Å². The molecule has 0 aliphatic heterocycles. The van der Waals surface area contributed by atoms with Gasteiger partial charge in [0.25, 0.3) is 0 Å². The number of rotatable bonds is 5. The Labute approximate surface area is 150 Å². The van der Waals surface area contributed by atoms with Crippen LogP contribution in [0.5, 0.6) is 0 Å². The first-order valence-electron chi connectivity index (χ1n) is 7.43. The van der Waals surface area contributed by atoms with Crippen LogP contribution in [0.4, 0.5) is 11.4 Å². The highest BCUT2D eigenvalue weighted by Crippen LogP contribution is 2.19. The maximum atomic E-state index is 12.3. The third-order valence-electron chi connectivity index (χ3n) is 3.43. The fourth-order valence-electron chi connectivity index (χ4n) is 2.22. The molecule has 0 unspecified atom stereocenters. The molecule has 130 valence electrons. The van der Waals surface area contributed by atoms with E-state index in [-0.39, 0.29) is 18.0 Å². The van der Waals surface area contributed by atoms with Crippen LogP contribution in [0.25, 0.3) is 0 Å². The lowest BCUT2D eigenvalue weighted by molar-refractivity contribution is -0.120. The van der Waals surface area contributed by atoms with Gasteiger partial charge in [-0.2, -0.15) is 0 Å². The lowest BCUT2D eigenvalue weighted by Gasteiger charge is -2.21. The summed E-state index contributed by atoms with van der Waals surface area (Å²) in [6, 6.07) is 13.1. The summed E-state index contributed by atoms with van der Waals surface area (Å²) in [5.41, 5.74) is 1.10. The Bertz CT molecular complexity index is 790. The van der Waals surface area contributed by atoms with E-state index in [2.05, 4.69) is 5.32 Å². The molecule has 0 spiro atoms.